The van der Waals surface area contributed by atoms with Gasteiger partial charge in [0.2, 0.25) is 0 Å². The second-order valence-corrected chi connectivity index (χ2v) is 4.63. The summed E-state index contributed by atoms with van der Waals surface area (Å²) in [5, 5.41) is 10.5. The molecule has 0 saturated carbocycles. The average molecular weight is 312 g/mol. The fourth-order valence-electron chi connectivity index (χ4n) is 1.66. The Morgan fingerprint density at radius 3 is 2.05 bits per heavy atom. The van der Waals surface area contributed by atoms with Gasteiger partial charge in [-0.2, -0.15) is 0 Å². The Hall–Kier alpha value is -1.58. The molecule has 0 aromatic heterocycles. The summed E-state index contributed by atoms with van der Waals surface area (Å²) in [5.74, 6) is 0.791. The molecule has 0 saturated heterocycles. The Kier molecular flexibility index (Phi) is 7.05. The molecule has 0 unspecified atom stereocenters. The van der Waals surface area contributed by atoms with Crippen molar-refractivity contribution < 1.29 is 4.92 Å². The Balaban J connectivity index is 0.000000217. The zero-order valence-corrected chi connectivity index (χ0v) is 12.6. The molecule has 0 N–H and O–H groups in total. The maximum Gasteiger partial charge on any atom is 0.276 e. The molecule has 0 amide bonds. The third-order valence-electron chi connectivity index (χ3n) is 2.64. The highest BCUT2D eigenvalue weighted by atomic mass is 35.5. The van der Waals surface area contributed by atoms with Crippen molar-refractivity contribution in [2.75, 3.05) is 0 Å². The van der Waals surface area contributed by atoms with Gasteiger partial charge in [-0.25, -0.2) is 0 Å². The highest BCUT2D eigenvalue weighted by Crippen LogP contribution is 2.23. The van der Waals surface area contributed by atoms with Crippen LogP contribution in [-0.4, -0.2) is 4.92 Å². The van der Waals surface area contributed by atoms with E-state index in [1.807, 2.05) is 30.3 Å². The molecule has 0 heterocycles. The number of nitro benzene ring substituents is 1. The molecule has 20 heavy (non-hydrogen) atoms. The molecule has 2 aromatic rings. The van der Waals surface area contributed by atoms with E-state index in [2.05, 4.69) is 0 Å². The average Bonchev–Trinajstić information content (AvgIpc) is 2.48. The Morgan fingerprint density at radius 1 is 1.00 bits per heavy atom. The molecule has 0 atom stereocenters. The number of para-hydroxylation sites is 1. The van der Waals surface area contributed by atoms with E-state index < -0.39 is 4.92 Å². The molecule has 0 aliphatic heterocycles. The third-order valence-corrected chi connectivity index (χ3v) is 3.24. The molecule has 0 aliphatic carbocycles. The number of nitro groups is 1. The molecule has 2 aromatic carbocycles. The lowest BCUT2D eigenvalue weighted by atomic mass is 10.1. The van der Waals surface area contributed by atoms with Gasteiger partial charge in [-0.1, -0.05) is 48.5 Å². The van der Waals surface area contributed by atoms with Crippen molar-refractivity contribution in [3.63, 3.8) is 0 Å². The summed E-state index contributed by atoms with van der Waals surface area (Å²) >= 11 is 11.1. The summed E-state index contributed by atoms with van der Waals surface area (Å²) in [6, 6.07) is 15.1. The molecule has 5 heteroatoms. The first kappa shape index (κ1) is 16.5. The highest BCUT2D eigenvalue weighted by Gasteiger charge is 2.14. The zero-order chi connectivity index (χ0) is 15.0. The van der Waals surface area contributed by atoms with Crippen LogP contribution in [0.25, 0.3) is 0 Å². The van der Waals surface area contributed by atoms with Gasteiger partial charge >= 0.3 is 0 Å². The van der Waals surface area contributed by atoms with Crippen molar-refractivity contribution in [3.05, 3.63) is 75.3 Å². The van der Waals surface area contributed by atoms with E-state index in [0.29, 0.717) is 17.0 Å². The fraction of sp³-hybridized carbons (Fsp3) is 0.200. The lowest BCUT2D eigenvalue weighted by molar-refractivity contribution is -0.386. The summed E-state index contributed by atoms with van der Waals surface area (Å²) in [6.45, 7) is 1.70. The molecule has 3 nitrogen and oxygen atoms in total. The number of benzene rings is 2. The van der Waals surface area contributed by atoms with Gasteiger partial charge < -0.3 is 0 Å². The summed E-state index contributed by atoms with van der Waals surface area (Å²) in [6.07, 6.45) is 0. The fourth-order valence-corrected chi connectivity index (χ4v) is 2.05. The van der Waals surface area contributed by atoms with Gasteiger partial charge in [0.15, 0.2) is 0 Å². The van der Waals surface area contributed by atoms with Gasteiger partial charge in [0.25, 0.3) is 5.69 Å². The van der Waals surface area contributed by atoms with Crippen LogP contribution in [0.4, 0.5) is 5.69 Å². The van der Waals surface area contributed by atoms with E-state index in [1.54, 1.807) is 25.1 Å². The van der Waals surface area contributed by atoms with Gasteiger partial charge in [-0.3, -0.25) is 10.1 Å². The maximum atomic E-state index is 10.5. The first-order chi connectivity index (χ1) is 9.60. The first-order valence-electron chi connectivity index (χ1n) is 5.99. The van der Waals surface area contributed by atoms with Crippen molar-refractivity contribution in [2.24, 2.45) is 0 Å². The maximum absolute atomic E-state index is 10.5. The minimum absolute atomic E-state index is 0.132. The van der Waals surface area contributed by atoms with E-state index in [1.165, 1.54) is 5.56 Å². The molecule has 0 radical (unpaired) electrons. The van der Waals surface area contributed by atoms with Crippen LogP contribution in [0.2, 0.25) is 0 Å². The lowest BCUT2D eigenvalue weighted by Gasteiger charge is -2.00. The van der Waals surface area contributed by atoms with Crippen LogP contribution in [0.1, 0.15) is 16.7 Å². The van der Waals surface area contributed by atoms with Crippen LogP contribution < -0.4 is 0 Å². The van der Waals surface area contributed by atoms with Crippen LogP contribution >= 0.6 is 23.2 Å². The molecular formula is C15H15Cl2NO2. The molecule has 2 rings (SSSR count). The Morgan fingerprint density at radius 2 is 1.65 bits per heavy atom. The van der Waals surface area contributed by atoms with Crippen molar-refractivity contribution in [1.82, 2.24) is 0 Å². The number of hydrogen-bond acceptors (Lipinski definition) is 2. The van der Waals surface area contributed by atoms with Gasteiger partial charge in [0.05, 0.1) is 10.8 Å². The van der Waals surface area contributed by atoms with Gasteiger partial charge in [-0.05, 0) is 12.5 Å². The second-order valence-electron chi connectivity index (χ2n) is 4.09. The van der Waals surface area contributed by atoms with Gasteiger partial charge in [0, 0.05) is 17.0 Å². The van der Waals surface area contributed by atoms with Crippen molar-refractivity contribution >= 4 is 28.9 Å². The van der Waals surface area contributed by atoms with Crippen LogP contribution in [0.5, 0.6) is 0 Å². The number of rotatable bonds is 3. The van der Waals surface area contributed by atoms with E-state index >= 15 is 0 Å². The summed E-state index contributed by atoms with van der Waals surface area (Å²) in [7, 11) is 0. The zero-order valence-electron chi connectivity index (χ0n) is 11.1. The van der Waals surface area contributed by atoms with E-state index in [-0.39, 0.29) is 11.6 Å². The third kappa shape index (κ3) is 4.83. The Labute approximate surface area is 128 Å². The van der Waals surface area contributed by atoms with Crippen LogP contribution in [-0.2, 0) is 11.8 Å². The van der Waals surface area contributed by atoms with E-state index in [9.17, 15) is 10.1 Å². The number of hydrogen-bond donors (Lipinski definition) is 0. The monoisotopic (exact) mass is 311 g/mol. The van der Waals surface area contributed by atoms with E-state index in [0.717, 1.165) is 0 Å². The molecular weight excluding hydrogens is 297 g/mol. The second kappa shape index (κ2) is 8.56. The van der Waals surface area contributed by atoms with Crippen molar-refractivity contribution in [1.29, 1.82) is 0 Å². The molecule has 106 valence electrons. The van der Waals surface area contributed by atoms with Gasteiger partial charge in [-0.15, -0.1) is 23.2 Å². The van der Waals surface area contributed by atoms with Crippen molar-refractivity contribution in [3.8, 4) is 0 Å². The Bertz CT molecular complexity index is 559. The largest absolute Gasteiger partial charge is 0.276 e. The number of halogens is 2. The molecule has 0 spiro atoms. The molecule has 0 fully saturated rings. The number of alkyl halides is 2. The molecule has 0 bridgehead atoms. The first-order valence-corrected chi connectivity index (χ1v) is 7.05. The van der Waals surface area contributed by atoms with Crippen LogP contribution in [0.15, 0.2) is 48.5 Å². The smallest absolute Gasteiger partial charge is 0.258 e. The van der Waals surface area contributed by atoms with Crippen LogP contribution in [0, 0.1) is 17.0 Å². The summed E-state index contributed by atoms with van der Waals surface area (Å²) in [5.41, 5.74) is 2.53. The standard InChI is InChI=1S/C8H8ClNO2.C7H7Cl/c1-6-3-2-4-7(5-9)8(6)10(11)12;8-6-7-4-2-1-3-5-7/h2-4H,5H2,1H3;1-5H,6H2. The normalized spacial score (nSPS) is 9.55. The summed E-state index contributed by atoms with van der Waals surface area (Å²) < 4.78 is 0. The number of nitrogens with zero attached hydrogens (tertiary/aromatic N) is 1. The number of aryl methyl sites for hydroxylation is 1. The van der Waals surface area contributed by atoms with E-state index in [4.69, 9.17) is 23.2 Å². The van der Waals surface area contributed by atoms with Crippen molar-refractivity contribution in [2.45, 2.75) is 18.7 Å². The lowest BCUT2D eigenvalue weighted by Crippen LogP contribution is -1.95. The topological polar surface area (TPSA) is 43.1 Å². The quantitative estimate of drug-likeness (QED) is 0.451. The predicted molar refractivity (Wildman–Crippen MR) is 83.4 cm³/mol. The predicted octanol–water partition coefficient (Wildman–Crippen LogP) is 5.07. The van der Waals surface area contributed by atoms with Gasteiger partial charge in [0.1, 0.15) is 0 Å². The summed E-state index contributed by atoms with van der Waals surface area (Å²) in [4.78, 5) is 10.2. The minimum atomic E-state index is -0.396. The SMILES string of the molecule is Cc1cccc(CCl)c1[N+](=O)[O-].ClCc1ccccc1. The van der Waals surface area contributed by atoms with Crippen LogP contribution in [0.3, 0.4) is 0 Å². The highest BCUT2D eigenvalue weighted by molar-refractivity contribution is 6.17. The molecule has 0 aliphatic rings. The minimum Gasteiger partial charge on any atom is -0.258 e.